The molecule has 0 bridgehead atoms. The molecular weight excluding hydrogens is 435 g/mol. The van der Waals surface area contributed by atoms with E-state index in [9.17, 15) is 9.59 Å². The summed E-state index contributed by atoms with van der Waals surface area (Å²) in [5.74, 6) is -1.76. The zero-order chi connectivity index (χ0) is 22.7. The summed E-state index contributed by atoms with van der Waals surface area (Å²) >= 11 is 11.8. The molecule has 0 radical (unpaired) electrons. The summed E-state index contributed by atoms with van der Waals surface area (Å²) in [6, 6.07) is 12.8. The molecule has 0 aliphatic carbocycles. The summed E-state index contributed by atoms with van der Waals surface area (Å²) in [4.78, 5) is 24.1. The molecule has 1 heterocycles. The lowest BCUT2D eigenvalue weighted by molar-refractivity contribution is -0.136. The van der Waals surface area contributed by atoms with Crippen LogP contribution in [0.2, 0.25) is 10.0 Å². The van der Waals surface area contributed by atoms with Gasteiger partial charge in [0, 0.05) is 28.3 Å². The molecule has 0 saturated carbocycles. The Morgan fingerprint density at radius 1 is 0.935 bits per heavy atom. The van der Waals surface area contributed by atoms with Crippen LogP contribution in [0.5, 0.6) is 0 Å². The Bertz CT molecular complexity index is 1200. The molecule has 1 aromatic heterocycles. The zero-order valence-corrected chi connectivity index (χ0v) is 19.1. The second kappa shape index (κ2) is 9.37. The van der Waals surface area contributed by atoms with Crippen molar-refractivity contribution >= 4 is 46.9 Å². The summed E-state index contributed by atoms with van der Waals surface area (Å²) < 4.78 is 2.14. The number of rotatable bonds is 4. The molecule has 2 amide bonds. The Kier molecular flexibility index (Phi) is 6.83. The second-order valence-electron chi connectivity index (χ2n) is 7.23. The van der Waals surface area contributed by atoms with Crippen LogP contribution in [0.15, 0.2) is 47.6 Å². The fraction of sp³-hybridized carbons (Fsp3) is 0.174. The van der Waals surface area contributed by atoms with Crippen molar-refractivity contribution in [1.82, 2.24) is 9.99 Å². The van der Waals surface area contributed by atoms with Crippen molar-refractivity contribution in [3.8, 4) is 5.69 Å². The highest BCUT2D eigenvalue weighted by molar-refractivity contribution is 6.42. The van der Waals surface area contributed by atoms with E-state index < -0.39 is 11.8 Å². The van der Waals surface area contributed by atoms with Crippen LogP contribution in [0, 0.1) is 27.7 Å². The number of hydrogen-bond donors (Lipinski definition) is 2. The minimum Gasteiger partial charge on any atom is -0.318 e. The van der Waals surface area contributed by atoms with Gasteiger partial charge >= 0.3 is 11.8 Å². The van der Waals surface area contributed by atoms with Gasteiger partial charge in [0.15, 0.2) is 0 Å². The van der Waals surface area contributed by atoms with Crippen molar-refractivity contribution in [2.75, 3.05) is 5.32 Å². The number of nitrogens with zero attached hydrogens (tertiary/aromatic N) is 2. The van der Waals surface area contributed by atoms with Gasteiger partial charge in [-0.15, -0.1) is 0 Å². The largest absolute Gasteiger partial charge is 0.329 e. The number of amides is 2. The summed E-state index contributed by atoms with van der Waals surface area (Å²) in [5.41, 5.74) is 8.87. The van der Waals surface area contributed by atoms with Crippen molar-refractivity contribution in [2.45, 2.75) is 27.7 Å². The minimum absolute atomic E-state index is 0.275. The van der Waals surface area contributed by atoms with E-state index >= 15 is 0 Å². The molecule has 0 fully saturated rings. The molecule has 160 valence electrons. The molecule has 3 aromatic rings. The molecule has 2 N–H and O–H groups in total. The van der Waals surface area contributed by atoms with Crippen LogP contribution < -0.4 is 10.7 Å². The number of anilines is 1. The van der Waals surface area contributed by atoms with Crippen molar-refractivity contribution < 1.29 is 9.59 Å². The average molecular weight is 457 g/mol. The molecule has 0 atom stereocenters. The van der Waals surface area contributed by atoms with Crippen LogP contribution in [0.25, 0.3) is 5.69 Å². The predicted molar refractivity (Wildman–Crippen MR) is 126 cm³/mol. The highest BCUT2D eigenvalue weighted by Crippen LogP contribution is 2.25. The SMILES string of the molecule is Cc1ccc(C)c(-n2c(C)cc(/C=N\NC(=O)C(=O)Nc3ccc(Cl)c(Cl)c3)c2C)c1. The smallest absolute Gasteiger partial charge is 0.318 e. The minimum atomic E-state index is -0.898. The van der Waals surface area contributed by atoms with Crippen LogP contribution in [0.4, 0.5) is 5.69 Å². The third kappa shape index (κ3) is 5.16. The van der Waals surface area contributed by atoms with E-state index in [-0.39, 0.29) is 5.02 Å². The van der Waals surface area contributed by atoms with Gasteiger partial charge in [-0.1, -0.05) is 35.3 Å². The van der Waals surface area contributed by atoms with Gasteiger partial charge in [0.1, 0.15) is 0 Å². The van der Waals surface area contributed by atoms with Crippen molar-refractivity contribution in [2.24, 2.45) is 5.10 Å². The maximum atomic E-state index is 12.1. The van der Waals surface area contributed by atoms with Crippen LogP contribution in [0.1, 0.15) is 28.1 Å². The van der Waals surface area contributed by atoms with Gasteiger partial charge in [0.25, 0.3) is 0 Å². The summed E-state index contributed by atoms with van der Waals surface area (Å²) in [7, 11) is 0. The first-order chi connectivity index (χ1) is 14.7. The fourth-order valence-corrected chi connectivity index (χ4v) is 3.52. The number of carbonyl (C=O) groups excluding carboxylic acids is 2. The van der Waals surface area contributed by atoms with Gasteiger partial charge < -0.3 is 9.88 Å². The van der Waals surface area contributed by atoms with Gasteiger partial charge in [0.05, 0.1) is 16.3 Å². The van der Waals surface area contributed by atoms with Crippen LogP contribution in [-0.2, 0) is 9.59 Å². The molecule has 3 rings (SSSR count). The number of hydrazone groups is 1. The average Bonchev–Trinajstić information content (AvgIpc) is 2.99. The molecule has 0 aliphatic rings. The number of benzene rings is 2. The molecule has 0 aliphatic heterocycles. The van der Waals surface area contributed by atoms with E-state index in [1.165, 1.54) is 23.9 Å². The van der Waals surface area contributed by atoms with E-state index in [0.717, 1.165) is 28.2 Å². The monoisotopic (exact) mass is 456 g/mol. The van der Waals surface area contributed by atoms with Gasteiger partial charge in [-0.3, -0.25) is 9.59 Å². The Hall–Kier alpha value is -3.09. The summed E-state index contributed by atoms with van der Waals surface area (Å²) in [6.45, 7) is 8.11. The number of carbonyl (C=O) groups is 2. The topological polar surface area (TPSA) is 75.5 Å². The number of halogens is 2. The Labute approximate surface area is 190 Å². The first kappa shape index (κ1) is 22.6. The van der Waals surface area contributed by atoms with Crippen LogP contribution in [-0.4, -0.2) is 22.6 Å². The lowest BCUT2D eigenvalue weighted by Gasteiger charge is -2.13. The quantitative estimate of drug-likeness (QED) is 0.325. The van der Waals surface area contributed by atoms with E-state index in [2.05, 4.69) is 52.5 Å². The highest BCUT2D eigenvalue weighted by atomic mass is 35.5. The molecule has 6 nitrogen and oxygen atoms in total. The molecular formula is C23H22Cl2N4O2. The van der Waals surface area contributed by atoms with Crippen molar-refractivity contribution in [3.05, 3.63) is 80.6 Å². The number of aryl methyl sites for hydroxylation is 3. The fourth-order valence-electron chi connectivity index (χ4n) is 3.22. The van der Waals surface area contributed by atoms with Gasteiger partial charge in [-0.05, 0) is 69.2 Å². The Morgan fingerprint density at radius 2 is 1.68 bits per heavy atom. The second-order valence-corrected chi connectivity index (χ2v) is 8.05. The van der Waals surface area contributed by atoms with E-state index in [0.29, 0.717) is 10.7 Å². The molecule has 0 unspecified atom stereocenters. The molecule has 0 spiro atoms. The molecule has 31 heavy (non-hydrogen) atoms. The molecule has 8 heteroatoms. The lowest BCUT2D eigenvalue weighted by atomic mass is 10.1. The maximum absolute atomic E-state index is 12.1. The summed E-state index contributed by atoms with van der Waals surface area (Å²) in [6.07, 6.45) is 1.52. The molecule has 2 aromatic carbocycles. The third-order valence-electron chi connectivity index (χ3n) is 4.83. The van der Waals surface area contributed by atoms with Crippen LogP contribution >= 0.6 is 23.2 Å². The first-order valence-corrected chi connectivity index (χ1v) is 10.3. The zero-order valence-electron chi connectivity index (χ0n) is 17.6. The predicted octanol–water partition coefficient (Wildman–Crippen LogP) is 5.11. The van der Waals surface area contributed by atoms with Crippen molar-refractivity contribution in [1.29, 1.82) is 0 Å². The van der Waals surface area contributed by atoms with Crippen LogP contribution in [0.3, 0.4) is 0 Å². The van der Waals surface area contributed by atoms with Crippen molar-refractivity contribution in [3.63, 3.8) is 0 Å². The Balaban J connectivity index is 1.71. The number of hydrogen-bond acceptors (Lipinski definition) is 3. The number of aromatic nitrogens is 1. The Morgan fingerprint density at radius 3 is 2.39 bits per heavy atom. The van der Waals surface area contributed by atoms with Gasteiger partial charge in [-0.25, -0.2) is 5.43 Å². The molecule has 0 saturated heterocycles. The summed E-state index contributed by atoms with van der Waals surface area (Å²) in [5, 5.41) is 7.01. The van der Waals surface area contributed by atoms with E-state index in [1.54, 1.807) is 6.07 Å². The lowest BCUT2D eigenvalue weighted by Crippen LogP contribution is -2.32. The van der Waals surface area contributed by atoms with E-state index in [1.807, 2.05) is 19.9 Å². The number of nitrogens with one attached hydrogen (secondary N) is 2. The van der Waals surface area contributed by atoms with Gasteiger partial charge in [-0.2, -0.15) is 5.10 Å². The standard InChI is InChI=1S/C23H22Cl2N4O2/c1-13-5-6-14(2)21(9-13)29-15(3)10-17(16(29)4)12-26-28-23(31)22(30)27-18-7-8-19(24)20(25)11-18/h5-12H,1-4H3,(H,27,30)(H,28,31)/b26-12-. The van der Waals surface area contributed by atoms with Gasteiger partial charge in [0.2, 0.25) is 0 Å². The first-order valence-electron chi connectivity index (χ1n) is 9.53. The van der Waals surface area contributed by atoms with E-state index in [4.69, 9.17) is 23.2 Å². The normalized spacial score (nSPS) is 11.0. The third-order valence-corrected chi connectivity index (χ3v) is 5.57. The highest BCUT2D eigenvalue weighted by Gasteiger charge is 2.15. The maximum Gasteiger partial charge on any atom is 0.329 e.